The van der Waals surface area contributed by atoms with E-state index in [0.717, 1.165) is 17.7 Å². The largest absolute Gasteiger partial charge is 0.383 e. The van der Waals surface area contributed by atoms with E-state index >= 15 is 0 Å². The lowest BCUT2D eigenvalue weighted by molar-refractivity contribution is 0.549. The van der Waals surface area contributed by atoms with Crippen LogP contribution in [0.5, 0.6) is 0 Å². The summed E-state index contributed by atoms with van der Waals surface area (Å²) in [5.41, 5.74) is 9.22. The Bertz CT molecular complexity index is 718. The van der Waals surface area contributed by atoms with Crippen LogP contribution in [0.2, 0.25) is 0 Å². The number of benzene rings is 1. The second-order valence-electron chi connectivity index (χ2n) is 5.16. The first-order valence-corrected chi connectivity index (χ1v) is 7.02. The van der Waals surface area contributed by atoms with Gasteiger partial charge in [0.15, 0.2) is 0 Å². The summed E-state index contributed by atoms with van der Waals surface area (Å²) in [5, 5.41) is 0. The standard InChI is InChI=1S/C17H18N4/c1-13(10-14-6-3-2-4-7-14)21-12-19-11-16(21)15-8-5-9-20-17(15)18/h2-9,11-13H,10H2,1H3,(H2,18,20). The van der Waals surface area contributed by atoms with E-state index in [-0.39, 0.29) is 0 Å². The molecular weight excluding hydrogens is 260 g/mol. The minimum absolute atomic E-state index is 0.296. The van der Waals surface area contributed by atoms with Crippen LogP contribution in [0.4, 0.5) is 5.82 Å². The van der Waals surface area contributed by atoms with Gasteiger partial charge < -0.3 is 10.3 Å². The molecule has 4 heteroatoms. The molecule has 0 fully saturated rings. The predicted octanol–water partition coefficient (Wildman–Crippen LogP) is 3.33. The summed E-state index contributed by atoms with van der Waals surface area (Å²) in [5.74, 6) is 0.533. The van der Waals surface area contributed by atoms with Crippen molar-refractivity contribution in [1.82, 2.24) is 14.5 Å². The summed E-state index contributed by atoms with van der Waals surface area (Å²) in [6.07, 6.45) is 6.35. The molecule has 1 atom stereocenters. The number of nitrogens with zero attached hydrogens (tertiary/aromatic N) is 3. The molecule has 2 heterocycles. The van der Waals surface area contributed by atoms with E-state index in [1.54, 1.807) is 6.20 Å². The number of imidazole rings is 1. The summed E-state index contributed by atoms with van der Waals surface area (Å²) in [4.78, 5) is 8.44. The molecule has 1 aromatic carbocycles. The normalized spacial score (nSPS) is 12.2. The maximum Gasteiger partial charge on any atom is 0.132 e. The van der Waals surface area contributed by atoms with Crippen LogP contribution in [-0.2, 0) is 6.42 Å². The maximum absolute atomic E-state index is 5.98. The van der Waals surface area contributed by atoms with Gasteiger partial charge in [-0.05, 0) is 31.0 Å². The lowest BCUT2D eigenvalue weighted by Gasteiger charge is -2.17. The molecule has 0 aliphatic carbocycles. The summed E-state index contributed by atoms with van der Waals surface area (Å²) >= 11 is 0. The highest BCUT2D eigenvalue weighted by atomic mass is 15.1. The number of nitrogen functional groups attached to an aromatic ring is 1. The number of hydrogen-bond acceptors (Lipinski definition) is 3. The molecule has 0 saturated heterocycles. The smallest absolute Gasteiger partial charge is 0.132 e. The zero-order valence-electron chi connectivity index (χ0n) is 12.0. The first kappa shape index (κ1) is 13.4. The Labute approximate surface area is 124 Å². The average molecular weight is 278 g/mol. The number of rotatable bonds is 4. The van der Waals surface area contributed by atoms with Crippen molar-refractivity contribution in [3.05, 3.63) is 66.7 Å². The Hall–Kier alpha value is -2.62. The van der Waals surface area contributed by atoms with Crippen molar-refractivity contribution >= 4 is 5.82 Å². The third-order valence-electron chi connectivity index (χ3n) is 3.63. The van der Waals surface area contributed by atoms with E-state index in [4.69, 9.17) is 5.73 Å². The molecule has 0 aliphatic rings. The number of nitrogens with two attached hydrogens (primary N) is 1. The number of pyridine rings is 1. The zero-order valence-corrected chi connectivity index (χ0v) is 12.0. The molecule has 3 rings (SSSR count). The summed E-state index contributed by atoms with van der Waals surface area (Å²) < 4.78 is 2.15. The predicted molar refractivity (Wildman–Crippen MR) is 84.7 cm³/mol. The van der Waals surface area contributed by atoms with E-state index in [0.29, 0.717) is 11.9 Å². The first-order chi connectivity index (χ1) is 10.3. The second-order valence-corrected chi connectivity index (χ2v) is 5.16. The van der Waals surface area contributed by atoms with Crippen molar-refractivity contribution in [3.63, 3.8) is 0 Å². The molecule has 4 nitrogen and oxygen atoms in total. The van der Waals surface area contributed by atoms with Gasteiger partial charge in [0.05, 0.1) is 18.2 Å². The monoisotopic (exact) mass is 278 g/mol. The second kappa shape index (κ2) is 5.79. The van der Waals surface area contributed by atoms with E-state index in [9.17, 15) is 0 Å². The van der Waals surface area contributed by atoms with Crippen LogP contribution in [0.15, 0.2) is 61.2 Å². The lowest BCUT2D eigenvalue weighted by atomic mass is 10.1. The van der Waals surface area contributed by atoms with Gasteiger partial charge in [0.2, 0.25) is 0 Å². The van der Waals surface area contributed by atoms with Crippen molar-refractivity contribution in [2.24, 2.45) is 0 Å². The highest BCUT2D eigenvalue weighted by molar-refractivity contribution is 5.70. The van der Waals surface area contributed by atoms with E-state index < -0.39 is 0 Å². The van der Waals surface area contributed by atoms with Crippen molar-refractivity contribution in [2.45, 2.75) is 19.4 Å². The van der Waals surface area contributed by atoms with Crippen LogP contribution in [0, 0.1) is 0 Å². The van der Waals surface area contributed by atoms with Gasteiger partial charge in [-0.1, -0.05) is 30.3 Å². The van der Waals surface area contributed by atoms with Crippen LogP contribution < -0.4 is 5.73 Å². The fourth-order valence-electron chi connectivity index (χ4n) is 2.55. The van der Waals surface area contributed by atoms with Gasteiger partial charge in [0.25, 0.3) is 0 Å². The van der Waals surface area contributed by atoms with E-state index in [2.05, 4.69) is 45.7 Å². The molecule has 0 amide bonds. The van der Waals surface area contributed by atoms with Gasteiger partial charge in [-0.3, -0.25) is 0 Å². The van der Waals surface area contributed by atoms with Crippen LogP contribution in [0.3, 0.4) is 0 Å². The van der Waals surface area contributed by atoms with Crippen molar-refractivity contribution < 1.29 is 0 Å². The highest BCUT2D eigenvalue weighted by Crippen LogP contribution is 2.27. The summed E-state index contributed by atoms with van der Waals surface area (Å²) in [6.45, 7) is 2.19. The Kier molecular flexibility index (Phi) is 3.69. The minimum atomic E-state index is 0.296. The fraction of sp³-hybridized carbons (Fsp3) is 0.176. The van der Waals surface area contributed by atoms with Crippen molar-refractivity contribution in [1.29, 1.82) is 0 Å². The van der Waals surface area contributed by atoms with Crippen LogP contribution in [0.1, 0.15) is 18.5 Å². The number of aromatic nitrogens is 3. The van der Waals surface area contributed by atoms with Gasteiger partial charge in [-0.25, -0.2) is 9.97 Å². The van der Waals surface area contributed by atoms with Gasteiger partial charge in [-0.15, -0.1) is 0 Å². The Balaban J connectivity index is 1.91. The Morgan fingerprint density at radius 3 is 2.71 bits per heavy atom. The van der Waals surface area contributed by atoms with E-state index in [1.165, 1.54) is 5.56 Å². The molecule has 0 spiro atoms. The SMILES string of the molecule is CC(Cc1ccccc1)n1cncc1-c1cccnc1N. The summed E-state index contributed by atoms with van der Waals surface area (Å²) in [7, 11) is 0. The van der Waals surface area contributed by atoms with Crippen LogP contribution in [0.25, 0.3) is 11.3 Å². The number of anilines is 1. The lowest BCUT2D eigenvalue weighted by Crippen LogP contribution is -2.09. The molecule has 0 aliphatic heterocycles. The average Bonchev–Trinajstić information content (AvgIpc) is 2.98. The third-order valence-corrected chi connectivity index (χ3v) is 3.63. The topological polar surface area (TPSA) is 56.7 Å². The van der Waals surface area contributed by atoms with Crippen molar-refractivity contribution in [2.75, 3.05) is 5.73 Å². The molecule has 106 valence electrons. The van der Waals surface area contributed by atoms with Gasteiger partial charge in [0, 0.05) is 17.8 Å². The molecule has 2 N–H and O–H groups in total. The Morgan fingerprint density at radius 1 is 1.14 bits per heavy atom. The van der Waals surface area contributed by atoms with Crippen molar-refractivity contribution in [3.8, 4) is 11.3 Å². The van der Waals surface area contributed by atoms with Crippen LogP contribution in [-0.4, -0.2) is 14.5 Å². The quantitative estimate of drug-likeness (QED) is 0.796. The molecule has 0 radical (unpaired) electrons. The molecule has 1 unspecified atom stereocenters. The maximum atomic E-state index is 5.98. The van der Waals surface area contributed by atoms with Gasteiger partial charge in [0.1, 0.15) is 5.82 Å². The molecule has 21 heavy (non-hydrogen) atoms. The molecule has 0 bridgehead atoms. The zero-order chi connectivity index (χ0) is 14.7. The van der Waals surface area contributed by atoms with Crippen LogP contribution >= 0.6 is 0 Å². The molecule has 0 saturated carbocycles. The van der Waals surface area contributed by atoms with Gasteiger partial charge >= 0.3 is 0 Å². The highest BCUT2D eigenvalue weighted by Gasteiger charge is 2.13. The Morgan fingerprint density at radius 2 is 1.95 bits per heavy atom. The van der Waals surface area contributed by atoms with Gasteiger partial charge in [-0.2, -0.15) is 0 Å². The first-order valence-electron chi connectivity index (χ1n) is 7.02. The molecule has 3 aromatic rings. The number of hydrogen-bond donors (Lipinski definition) is 1. The third kappa shape index (κ3) is 2.79. The van der Waals surface area contributed by atoms with E-state index in [1.807, 2.05) is 30.7 Å². The fourth-order valence-corrected chi connectivity index (χ4v) is 2.55. The molecular formula is C17H18N4. The summed E-state index contributed by atoms with van der Waals surface area (Å²) in [6, 6.07) is 14.6. The molecule has 2 aromatic heterocycles. The minimum Gasteiger partial charge on any atom is -0.383 e.